The van der Waals surface area contributed by atoms with E-state index in [1.165, 1.54) is 5.56 Å². The van der Waals surface area contributed by atoms with Crippen molar-refractivity contribution in [3.05, 3.63) is 65.7 Å². The van der Waals surface area contributed by atoms with Crippen LogP contribution in [0.3, 0.4) is 0 Å². The zero-order valence-corrected chi connectivity index (χ0v) is 19.1. The number of likely N-dealkylation sites (tertiary alicyclic amines) is 1. The molecule has 0 aromatic heterocycles. The van der Waals surface area contributed by atoms with Crippen LogP contribution in [0.1, 0.15) is 43.9 Å². The maximum atomic E-state index is 10.9. The maximum absolute atomic E-state index is 10.9. The number of guanidine groups is 1. The van der Waals surface area contributed by atoms with Crippen LogP contribution >= 0.6 is 0 Å². The highest BCUT2D eigenvalue weighted by molar-refractivity contribution is 5.80. The first kappa shape index (κ1) is 23.6. The summed E-state index contributed by atoms with van der Waals surface area (Å²) in [5, 5.41) is 6.95. The van der Waals surface area contributed by atoms with Gasteiger partial charge in [-0.1, -0.05) is 42.5 Å². The molecule has 1 aliphatic heterocycles. The number of carbonyl (C=O) groups excluding carboxylic acids is 1. The number of primary amides is 1. The van der Waals surface area contributed by atoms with Crippen molar-refractivity contribution < 1.29 is 9.53 Å². The van der Waals surface area contributed by atoms with Crippen molar-refractivity contribution in [2.24, 2.45) is 10.7 Å². The van der Waals surface area contributed by atoms with Crippen LogP contribution in [0.15, 0.2) is 59.6 Å². The highest BCUT2D eigenvalue weighted by Gasteiger charge is 2.24. The third kappa shape index (κ3) is 7.27. The predicted molar refractivity (Wildman–Crippen MR) is 129 cm³/mol. The van der Waals surface area contributed by atoms with Crippen molar-refractivity contribution in [2.45, 2.75) is 45.3 Å². The minimum absolute atomic E-state index is 0.126. The van der Waals surface area contributed by atoms with Gasteiger partial charge in [-0.3, -0.25) is 9.69 Å². The number of hydrogen-bond acceptors (Lipinski definition) is 4. The third-order valence-corrected chi connectivity index (χ3v) is 5.74. The third-order valence-electron chi connectivity index (χ3n) is 5.74. The van der Waals surface area contributed by atoms with Crippen molar-refractivity contribution in [1.29, 1.82) is 0 Å². The topological polar surface area (TPSA) is 92.0 Å². The molecule has 4 N–H and O–H groups in total. The monoisotopic (exact) mass is 437 g/mol. The van der Waals surface area contributed by atoms with Crippen LogP contribution in [0.5, 0.6) is 5.75 Å². The molecule has 1 unspecified atom stereocenters. The van der Waals surface area contributed by atoms with Gasteiger partial charge in [0.25, 0.3) is 5.91 Å². The lowest BCUT2D eigenvalue weighted by Crippen LogP contribution is -2.49. The van der Waals surface area contributed by atoms with E-state index in [9.17, 15) is 4.79 Å². The molecule has 0 saturated carbocycles. The quantitative estimate of drug-likeness (QED) is 0.414. The molecule has 0 radical (unpaired) electrons. The first-order valence-electron chi connectivity index (χ1n) is 11.4. The van der Waals surface area contributed by atoms with Crippen molar-refractivity contribution in [3.63, 3.8) is 0 Å². The van der Waals surface area contributed by atoms with E-state index in [1.54, 1.807) is 0 Å². The van der Waals surface area contributed by atoms with Gasteiger partial charge in [-0.15, -0.1) is 0 Å². The van der Waals surface area contributed by atoms with E-state index in [4.69, 9.17) is 15.5 Å². The van der Waals surface area contributed by atoms with E-state index in [-0.39, 0.29) is 6.61 Å². The zero-order chi connectivity index (χ0) is 22.8. The summed E-state index contributed by atoms with van der Waals surface area (Å²) in [7, 11) is 0. The molecule has 1 heterocycles. The molecule has 1 saturated heterocycles. The van der Waals surface area contributed by atoms with Gasteiger partial charge in [0.1, 0.15) is 5.75 Å². The Labute approximate surface area is 191 Å². The Morgan fingerprint density at radius 3 is 2.62 bits per heavy atom. The standard InChI is InChI=1S/C25H35N5O2/c1-3-27-25(28-17-20-8-7-11-23(16-20)32-18-24(26)31)29-22-12-14-30(15-13-22)19(2)21-9-5-4-6-10-21/h4-11,16,19,22H,3,12-15,17-18H2,1-2H3,(H2,26,31)(H2,27,28,29). The molecule has 1 atom stereocenters. The van der Waals surface area contributed by atoms with E-state index in [0.717, 1.165) is 44.0 Å². The summed E-state index contributed by atoms with van der Waals surface area (Å²) in [6.07, 6.45) is 2.16. The Kier molecular flexibility index (Phi) is 8.92. The maximum Gasteiger partial charge on any atom is 0.255 e. The molecule has 3 rings (SSSR count). The normalized spacial score (nSPS) is 16.4. The van der Waals surface area contributed by atoms with Gasteiger partial charge >= 0.3 is 0 Å². The summed E-state index contributed by atoms with van der Waals surface area (Å²) >= 11 is 0. The molecule has 1 aliphatic rings. The molecule has 7 heteroatoms. The summed E-state index contributed by atoms with van der Waals surface area (Å²) in [5.41, 5.74) is 7.53. The lowest BCUT2D eigenvalue weighted by atomic mass is 10.0. The Balaban J connectivity index is 1.52. The van der Waals surface area contributed by atoms with E-state index >= 15 is 0 Å². The first-order valence-corrected chi connectivity index (χ1v) is 11.4. The molecule has 0 aliphatic carbocycles. The Morgan fingerprint density at radius 1 is 1.19 bits per heavy atom. The molecule has 2 aromatic carbocycles. The van der Waals surface area contributed by atoms with Crippen molar-refractivity contribution in [1.82, 2.24) is 15.5 Å². The molecule has 7 nitrogen and oxygen atoms in total. The van der Waals surface area contributed by atoms with Gasteiger partial charge in [0.05, 0.1) is 6.54 Å². The van der Waals surface area contributed by atoms with Gasteiger partial charge in [0, 0.05) is 31.7 Å². The molecule has 1 amide bonds. The van der Waals surface area contributed by atoms with Crippen LogP contribution in [0.2, 0.25) is 0 Å². The second kappa shape index (κ2) is 12.1. The van der Waals surface area contributed by atoms with E-state index < -0.39 is 5.91 Å². The lowest BCUT2D eigenvalue weighted by Gasteiger charge is -2.37. The number of piperidine rings is 1. The number of nitrogens with zero attached hydrogens (tertiary/aromatic N) is 2. The Morgan fingerprint density at radius 2 is 1.94 bits per heavy atom. The van der Waals surface area contributed by atoms with Crippen LogP contribution < -0.4 is 21.1 Å². The van der Waals surface area contributed by atoms with E-state index in [1.807, 2.05) is 24.3 Å². The van der Waals surface area contributed by atoms with Crippen LogP contribution in [0.25, 0.3) is 0 Å². The zero-order valence-electron chi connectivity index (χ0n) is 19.1. The molecule has 172 valence electrons. The number of rotatable bonds is 9. The van der Waals surface area contributed by atoms with E-state index in [2.05, 4.69) is 59.7 Å². The summed E-state index contributed by atoms with van der Waals surface area (Å²) in [6, 6.07) is 19.1. The summed E-state index contributed by atoms with van der Waals surface area (Å²) in [6.45, 7) is 7.68. The average Bonchev–Trinajstić information content (AvgIpc) is 2.82. The van der Waals surface area contributed by atoms with Crippen LogP contribution in [-0.2, 0) is 11.3 Å². The molecular weight excluding hydrogens is 402 g/mol. The van der Waals surface area contributed by atoms with Crippen LogP contribution in [0.4, 0.5) is 0 Å². The van der Waals surface area contributed by atoms with Gasteiger partial charge in [0.2, 0.25) is 0 Å². The lowest BCUT2D eigenvalue weighted by molar-refractivity contribution is -0.119. The van der Waals surface area contributed by atoms with Crippen molar-refractivity contribution in [2.75, 3.05) is 26.2 Å². The molecule has 0 bridgehead atoms. The molecule has 0 spiro atoms. The number of amides is 1. The number of carbonyl (C=O) groups is 1. The molecule has 2 aromatic rings. The predicted octanol–water partition coefficient (Wildman–Crippen LogP) is 2.83. The van der Waals surface area contributed by atoms with Crippen LogP contribution in [0, 0.1) is 0 Å². The summed E-state index contributed by atoms with van der Waals surface area (Å²) in [4.78, 5) is 18.2. The number of benzene rings is 2. The van der Waals surface area contributed by atoms with Gasteiger partial charge in [-0.25, -0.2) is 4.99 Å². The second-order valence-corrected chi connectivity index (χ2v) is 8.14. The summed E-state index contributed by atoms with van der Waals surface area (Å²) in [5.74, 6) is 0.955. The molecule has 1 fully saturated rings. The fraction of sp³-hybridized carbons (Fsp3) is 0.440. The number of nitrogens with two attached hydrogens (primary N) is 1. The van der Waals surface area contributed by atoms with Gasteiger partial charge in [-0.05, 0) is 49.9 Å². The van der Waals surface area contributed by atoms with Gasteiger partial charge in [-0.2, -0.15) is 0 Å². The minimum Gasteiger partial charge on any atom is -0.484 e. The highest BCUT2D eigenvalue weighted by atomic mass is 16.5. The first-order chi connectivity index (χ1) is 15.5. The van der Waals surface area contributed by atoms with Crippen molar-refractivity contribution in [3.8, 4) is 5.75 Å². The van der Waals surface area contributed by atoms with Crippen LogP contribution in [-0.4, -0.2) is 49.0 Å². The van der Waals surface area contributed by atoms with Gasteiger partial charge in [0.15, 0.2) is 12.6 Å². The average molecular weight is 438 g/mol. The number of hydrogen-bond donors (Lipinski definition) is 3. The summed E-state index contributed by atoms with van der Waals surface area (Å²) < 4.78 is 5.39. The number of aliphatic imine (C=N–C) groups is 1. The Bertz CT molecular complexity index is 879. The SMILES string of the molecule is CCNC(=NCc1cccc(OCC(N)=O)c1)NC1CCN(C(C)c2ccccc2)CC1. The Hall–Kier alpha value is -3.06. The molecular formula is C25H35N5O2. The fourth-order valence-corrected chi connectivity index (χ4v) is 3.95. The largest absolute Gasteiger partial charge is 0.484 e. The number of nitrogens with one attached hydrogen (secondary N) is 2. The minimum atomic E-state index is -0.490. The number of ether oxygens (including phenoxy) is 1. The second-order valence-electron chi connectivity index (χ2n) is 8.14. The van der Waals surface area contributed by atoms with E-state index in [0.29, 0.717) is 24.4 Å². The smallest absolute Gasteiger partial charge is 0.255 e. The van der Waals surface area contributed by atoms with Crippen molar-refractivity contribution >= 4 is 11.9 Å². The molecule has 32 heavy (non-hydrogen) atoms. The highest BCUT2D eigenvalue weighted by Crippen LogP contribution is 2.24. The van der Waals surface area contributed by atoms with Gasteiger partial charge < -0.3 is 21.1 Å². The fourth-order valence-electron chi connectivity index (χ4n) is 3.95.